The first-order chi connectivity index (χ1) is 9.11. The number of carbonyl (C=O) groups is 1. The summed E-state index contributed by atoms with van der Waals surface area (Å²) in [5, 5.41) is 2.86. The molecule has 4 nitrogen and oxygen atoms in total. The average molecular weight is 276 g/mol. The molecule has 0 radical (unpaired) electrons. The highest BCUT2D eigenvalue weighted by atomic mass is 32.1. The molecule has 0 fully saturated rings. The molecule has 0 saturated carbocycles. The van der Waals surface area contributed by atoms with Crippen molar-refractivity contribution in [3.8, 4) is 5.75 Å². The van der Waals surface area contributed by atoms with Crippen LogP contribution in [0.1, 0.15) is 20.1 Å². The zero-order valence-electron chi connectivity index (χ0n) is 10.9. The third-order valence-electron chi connectivity index (χ3n) is 2.75. The Kier molecular flexibility index (Phi) is 4.06. The van der Waals surface area contributed by atoms with Gasteiger partial charge in [0.2, 0.25) is 0 Å². The number of hydrogen-bond donors (Lipinski definition) is 2. The molecule has 0 aliphatic heterocycles. The van der Waals surface area contributed by atoms with Crippen molar-refractivity contribution < 1.29 is 9.53 Å². The number of nitrogens with one attached hydrogen (secondary N) is 1. The van der Waals surface area contributed by atoms with E-state index >= 15 is 0 Å². The molecule has 2 rings (SSSR count). The molecule has 2 aromatic rings. The molecule has 0 aliphatic carbocycles. The first kappa shape index (κ1) is 13.4. The minimum Gasteiger partial charge on any atom is -0.495 e. The molecule has 1 heterocycles. The van der Waals surface area contributed by atoms with Gasteiger partial charge in [-0.25, -0.2) is 0 Å². The van der Waals surface area contributed by atoms with Gasteiger partial charge in [0.15, 0.2) is 0 Å². The van der Waals surface area contributed by atoms with Crippen LogP contribution in [-0.4, -0.2) is 13.0 Å². The number of methoxy groups -OCH3 is 1. The SMILES string of the molecule is COc1cccc(C(=O)NCc2ccc(C)s2)c1N. The number of carbonyl (C=O) groups excluding carboxylic acids is 1. The quantitative estimate of drug-likeness (QED) is 0.844. The van der Waals surface area contributed by atoms with Crippen LogP contribution in [0.2, 0.25) is 0 Å². The zero-order valence-corrected chi connectivity index (χ0v) is 11.7. The number of ether oxygens (including phenoxy) is 1. The molecule has 3 N–H and O–H groups in total. The number of benzene rings is 1. The summed E-state index contributed by atoms with van der Waals surface area (Å²) < 4.78 is 5.10. The van der Waals surface area contributed by atoms with Crippen LogP contribution in [0, 0.1) is 6.92 Å². The lowest BCUT2D eigenvalue weighted by Gasteiger charge is -2.09. The number of aryl methyl sites for hydroxylation is 1. The Labute approximate surface area is 116 Å². The van der Waals surface area contributed by atoms with Gasteiger partial charge in [-0.1, -0.05) is 6.07 Å². The normalized spacial score (nSPS) is 10.2. The monoisotopic (exact) mass is 276 g/mol. The molecule has 1 aromatic carbocycles. The molecule has 1 aromatic heterocycles. The second-order valence-electron chi connectivity index (χ2n) is 4.12. The van der Waals surface area contributed by atoms with Gasteiger partial charge in [-0.3, -0.25) is 4.79 Å². The van der Waals surface area contributed by atoms with Gasteiger partial charge in [0.1, 0.15) is 5.75 Å². The van der Waals surface area contributed by atoms with Crippen molar-refractivity contribution >= 4 is 22.9 Å². The standard InChI is InChI=1S/C14H16N2O2S/c1-9-6-7-10(19-9)8-16-14(17)11-4-3-5-12(18-2)13(11)15/h3-7H,8,15H2,1-2H3,(H,16,17). The zero-order chi connectivity index (χ0) is 13.8. The van der Waals surface area contributed by atoms with Gasteiger partial charge in [-0.2, -0.15) is 0 Å². The summed E-state index contributed by atoms with van der Waals surface area (Å²) >= 11 is 1.67. The summed E-state index contributed by atoms with van der Waals surface area (Å²) in [5.74, 6) is 0.321. The van der Waals surface area contributed by atoms with Gasteiger partial charge in [-0.15, -0.1) is 11.3 Å². The van der Waals surface area contributed by atoms with Crippen molar-refractivity contribution in [2.45, 2.75) is 13.5 Å². The smallest absolute Gasteiger partial charge is 0.253 e. The lowest BCUT2D eigenvalue weighted by Crippen LogP contribution is -2.23. The number of amides is 1. The van der Waals surface area contributed by atoms with Crippen LogP contribution < -0.4 is 15.8 Å². The highest BCUT2D eigenvalue weighted by molar-refractivity contribution is 7.11. The van der Waals surface area contributed by atoms with E-state index in [4.69, 9.17) is 10.5 Å². The van der Waals surface area contributed by atoms with Crippen LogP contribution in [0.15, 0.2) is 30.3 Å². The molecule has 0 atom stereocenters. The summed E-state index contributed by atoms with van der Waals surface area (Å²) in [7, 11) is 1.53. The maximum absolute atomic E-state index is 12.1. The molecular weight excluding hydrogens is 260 g/mol. The molecule has 5 heteroatoms. The van der Waals surface area contributed by atoms with Crippen LogP contribution in [0.3, 0.4) is 0 Å². The van der Waals surface area contributed by atoms with Crippen LogP contribution >= 0.6 is 11.3 Å². The van der Waals surface area contributed by atoms with E-state index in [1.807, 2.05) is 19.1 Å². The predicted octanol–water partition coefficient (Wildman–Crippen LogP) is 2.58. The van der Waals surface area contributed by atoms with Gasteiger partial charge in [0, 0.05) is 9.75 Å². The number of thiophene rings is 1. The van der Waals surface area contributed by atoms with Crippen LogP contribution in [0.5, 0.6) is 5.75 Å². The topological polar surface area (TPSA) is 64.3 Å². The Morgan fingerprint density at radius 1 is 1.37 bits per heavy atom. The number of nitrogen functional groups attached to an aromatic ring is 1. The Morgan fingerprint density at radius 3 is 2.79 bits per heavy atom. The van der Waals surface area contributed by atoms with E-state index in [1.54, 1.807) is 29.5 Å². The first-order valence-corrected chi connectivity index (χ1v) is 6.69. The van der Waals surface area contributed by atoms with Crippen LogP contribution in [0.25, 0.3) is 0 Å². The van der Waals surface area contributed by atoms with Crippen LogP contribution in [-0.2, 0) is 6.54 Å². The lowest BCUT2D eigenvalue weighted by molar-refractivity contribution is 0.0952. The van der Waals surface area contributed by atoms with E-state index in [9.17, 15) is 4.79 Å². The van der Waals surface area contributed by atoms with Crippen molar-refractivity contribution in [3.63, 3.8) is 0 Å². The Hall–Kier alpha value is -2.01. The summed E-state index contributed by atoms with van der Waals surface area (Å²) in [6.07, 6.45) is 0. The minimum absolute atomic E-state index is 0.192. The van der Waals surface area contributed by atoms with Crippen molar-refractivity contribution in [3.05, 3.63) is 45.6 Å². The third kappa shape index (κ3) is 3.06. The van der Waals surface area contributed by atoms with E-state index in [2.05, 4.69) is 5.32 Å². The molecule has 1 amide bonds. The van der Waals surface area contributed by atoms with E-state index in [1.165, 1.54) is 12.0 Å². The third-order valence-corrected chi connectivity index (χ3v) is 3.75. The van der Waals surface area contributed by atoms with Crippen molar-refractivity contribution in [1.82, 2.24) is 5.32 Å². The highest BCUT2D eigenvalue weighted by Crippen LogP contribution is 2.24. The number of nitrogens with two attached hydrogens (primary N) is 1. The minimum atomic E-state index is -0.192. The van der Waals surface area contributed by atoms with E-state index in [-0.39, 0.29) is 5.91 Å². The molecule has 19 heavy (non-hydrogen) atoms. The number of hydrogen-bond acceptors (Lipinski definition) is 4. The summed E-state index contributed by atoms with van der Waals surface area (Å²) in [6, 6.07) is 9.21. The number of anilines is 1. The van der Waals surface area contributed by atoms with Crippen molar-refractivity contribution in [2.75, 3.05) is 12.8 Å². The van der Waals surface area contributed by atoms with Gasteiger partial charge in [0.25, 0.3) is 5.91 Å². The second-order valence-corrected chi connectivity index (χ2v) is 5.49. The fraction of sp³-hybridized carbons (Fsp3) is 0.214. The average Bonchev–Trinajstić information content (AvgIpc) is 2.82. The molecule has 0 bridgehead atoms. The molecular formula is C14H16N2O2S. The maximum atomic E-state index is 12.1. The molecule has 0 unspecified atom stereocenters. The molecule has 0 aliphatic rings. The maximum Gasteiger partial charge on any atom is 0.253 e. The predicted molar refractivity (Wildman–Crippen MR) is 77.6 cm³/mol. The summed E-state index contributed by atoms with van der Waals surface area (Å²) in [6.45, 7) is 2.55. The van der Waals surface area contributed by atoms with Gasteiger partial charge < -0.3 is 15.8 Å². The fourth-order valence-electron chi connectivity index (χ4n) is 1.76. The fourth-order valence-corrected chi connectivity index (χ4v) is 2.59. The molecule has 100 valence electrons. The molecule has 0 saturated heterocycles. The Bertz CT molecular complexity index is 593. The van der Waals surface area contributed by atoms with E-state index in [0.29, 0.717) is 23.5 Å². The van der Waals surface area contributed by atoms with Gasteiger partial charge in [-0.05, 0) is 31.2 Å². The number of para-hydroxylation sites is 1. The lowest BCUT2D eigenvalue weighted by atomic mass is 10.1. The molecule has 0 spiro atoms. The Balaban J connectivity index is 2.08. The first-order valence-electron chi connectivity index (χ1n) is 5.88. The van der Waals surface area contributed by atoms with Gasteiger partial charge in [0.05, 0.1) is 24.9 Å². The van der Waals surface area contributed by atoms with Crippen molar-refractivity contribution in [2.24, 2.45) is 0 Å². The van der Waals surface area contributed by atoms with Gasteiger partial charge >= 0.3 is 0 Å². The summed E-state index contributed by atoms with van der Waals surface area (Å²) in [4.78, 5) is 14.4. The second kappa shape index (κ2) is 5.75. The number of rotatable bonds is 4. The highest BCUT2D eigenvalue weighted by Gasteiger charge is 2.12. The van der Waals surface area contributed by atoms with E-state index < -0.39 is 0 Å². The summed E-state index contributed by atoms with van der Waals surface area (Å²) in [5.41, 5.74) is 6.69. The Morgan fingerprint density at radius 2 is 2.16 bits per heavy atom. The largest absolute Gasteiger partial charge is 0.495 e. The van der Waals surface area contributed by atoms with E-state index in [0.717, 1.165) is 4.88 Å². The van der Waals surface area contributed by atoms with Crippen LogP contribution in [0.4, 0.5) is 5.69 Å². The van der Waals surface area contributed by atoms with Crippen molar-refractivity contribution in [1.29, 1.82) is 0 Å².